The van der Waals surface area contributed by atoms with Gasteiger partial charge in [0.15, 0.2) is 0 Å². The molecule has 4 rings (SSSR count). The summed E-state index contributed by atoms with van der Waals surface area (Å²) in [6.45, 7) is 5.95. The lowest BCUT2D eigenvalue weighted by molar-refractivity contribution is -0.143. The molecule has 0 radical (unpaired) electrons. The average Bonchev–Trinajstić information content (AvgIpc) is 3.26. The van der Waals surface area contributed by atoms with Gasteiger partial charge in [0.05, 0.1) is 19.1 Å². The highest BCUT2D eigenvalue weighted by molar-refractivity contribution is 5.92. The van der Waals surface area contributed by atoms with E-state index in [-0.39, 0.29) is 17.7 Å². The number of morpholine rings is 1. The Balaban J connectivity index is 1.32. The molecular formula is C21H28N2O4. The molecule has 3 aliphatic rings. The number of amides is 2. The first-order valence-electron chi connectivity index (χ1n) is 10.0. The highest BCUT2D eigenvalue weighted by atomic mass is 16.5. The van der Waals surface area contributed by atoms with E-state index in [1.807, 2.05) is 17.0 Å². The lowest BCUT2D eigenvalue weighted by Gasteiger charge is -2.35. The van der Waals surface area contributed by atoms with Crippen LogP contribution in [0.25, 0.3) is 6.08 Å². The van der Waals surface area contributed by atoms with E-state index in [0.717, 1.165) is 24.4 Å². The molecule has 146 valence electrons. The van der Waals surface area contributed by atoms with E-state index in [0.29, 0.717) is 51.2 Å². The molecule has 6 nitrogen and oxygen atoms in total. The summed E-state index contributed by atoms with van der Waals surface area (Å²) in [4.78, 5) is 28.9. The molecule has 1 aromatic heterocycles. The van der Waals surface area contributed by atoms with Crippen LogP contribution in [-0.2, 0) is 14.3 Å². The SMILES string of the molecule is CC1CC1c1ccc(/C=C/C(=O)N2CCCC(C(=O)N3CCOCC3)C2)o1. The van der Waals surface area contributed by atoms with Crippen molar-refractivity contribution < 1.29 is 18.7 Å². The zero-order valence-corrected chi connectivity index (χ0v) is 15.9. The Bertz CT molecular complexity index is 720. The maximum Gasteiger partial charge on any atom is 0.246 e. The number of ether oxygens (including phenoxy) is 1. The normalized spacial score (nSPS) is 28.6. The van der Waals surface area contributed by atoms with Crippen LogP contribution in [0, 0.1) is 11.8 Å². The minimum atomic E-state index is -0.0965. The molecule has 27 heavy (non-hydrogen) atoms. The summed E-state index contributed by atoms with van der Waals surface area (Å²) >= 11 is 0. The molecule has 3 atom stereocenters. The Labute approximate surface area is 160 Å². The fourth-order valence-electron chi connectivity index (χ4n) is 4.06. The Morgan fingerprint density at radius 3 is 2.67 bits per heavy atom. The zero-order chi connectivity index (χ0) is 18.8. The van der Waals surface area contributed by atoms with Gasteiger partial charge >= 0.3 is 0 Å². The third kappa shape index (κ3) is 4.26. The average molecular weight is 372 g/mol. The molecule has 3 heterocycles. The first-order valence-corrected chi connectivity index (χ1v) is 10.0. The monoisotopic (exact) mass is 372 g/mol. The topological polar surface area (TPSA) is 63.0 Å². The molecule has 0 aromatic carbocycles. The van der Waals surface area contributed by atoms with Gasteiger partial charge in [-0.25, -0.2) is 0 Å². The van der Waals surface area contributed by atoms with E-state index in [2.05, 4.69) is 6.92 Å². The third-order valence-corrected chi connectivity index (χ3v) is 5.92. The van der Waals surface area contributed by atoms with Crippen LogP contribution in [0.1, 0.15) is 43.6 Å². The molecule has 2 aliphatic heterocycles. The van der Waals surface area contributed by atoms with Gasteiger partial charge in [0.2, 0.25) is 11.8 Å². The molecule has 1 aliphatic carbocycles. The predicted molar refractivity (Wildman–Crippen MR) is 101 cm³/mol. The maximum atomic E-state index is 12.7. The van der Waals surface area contributed by atoms with Crippen LogP contribution in [0.4, 0.5) is 0 Å². The van der Waals surface area contributed by atoms with E-state index < -0.39 is 0 Å². The van der Waals surface area contributed by atoms with Gasteiger partial charge in [-0.1, -0.05) is 6.92 Å². The van der Waals surface area contributed by atoms with Gasteiger partial charge < -0.3 is 19.0 Å². The Morgan fingerprint density at radius 2 is 1.93 bits per heavy atom. The molecule has 2 saturated heterocycles. The first kappa shape index (κ1) is 18.3. The Hall–Kier alpha value is -2.08. The molecule has 3 fully saturated rings. The van der Waals surface area contributed by atoms with E-state index >= 15 is 0 Å². The molecule has 2 amide bonds. The lowest BCUT2D eigenvalue weighted by Crippen LogP contribution is -2.49. The van der Waals surface area contributed by atoms with Crippen molar-refractivity contribution in [1.82, 2.24) is 9.80 Å². The van der Waals surface area contributed by atoms with Gasteiger partial charge in [-0.2, -0.15) is 0 Å². The summed E-state index contributed by atoms with van der Waals surface area (Å²) in [5.74, 6) is 2.99. The number of nitrogens with zero attached hydrogens (tertiary/aromatic N) is 2. The van der Waals surface area contributed by atoms with Crippen molar-refractivity contribution in [2.24, 2.45) is 11.8 Å². The van der Waals surface area contributed by atoms with E-state index in [4.69, 9.17) is 9.15 Å². The van der Waals surface area contributed by atoms with Crippen molar-refractivity contribution in [3.05, 3.63) is 29.7 Å². The third-order valence-electron chi connectivity index (χ3n) is 5.92. The standard InChI is InChI=1S/C21H28N2O4/c1-15-13-18(15)19-6-4-17(27-19)5-7-20(24)23-8-2-3-16(14-23)21(25)22-9-11-26-12-10-22/h4-7,15-16,18H,2-3,8-14H2,1H3/b7-5+. The second-order valence-electron chi connectivity index (χ2n) is 7.95. The number of furan rings is 1. The summed E-state index contributed by atoms with van der Waals surface area (Å²) in [7, 11) is 0. The number of hydrogen-bond donors (Lipinski definition) is 0. The Kier molecular flexibility index (Phi) is 5.34. The van der Waals surface area contributed by atoms with Crippen LogP contribution in [0.2, 0.25) is 0 Å². The summed E-state index contributed by atoms with van der Waals surface area (Å²) < 4.78 is 11.1. The molecular weight excluding hydrogens is 344 g/mol. The van der Waals surface area contributed by atoms with Gasteiger partial charge in [0, 0.05) is 38.2 Å². The van der Waals surface area contributed by atoms with Crippen molar-refractivity contribution in [2.45, 2.75) is 32.1 Å². The van der Waals surface area contributed by atoms with Crippen LogP contribution in [0.3, 0.4) is 0 Å². The molecule has 1 aromatic rings. The second kappa shape index (κ2) is 7.89. The minimum absolute atomic E-state index is 0.0489. The number of piperidine rings is 1. The van der Waals surface area contributed by atoms with Crippen molar-refractivity contribution in [3.63, 3.8) is 0 Å². The van der Waals surface area contributed by atoms with Crippen LogP contribution in [0.5, 0.6) is 0 Å². The number of rotatable bonds is 4. The van der Waals surface area contributed by atoms with Gasteiger partial charge in [0.25, 0.3) is 0 Å². The summed E-state index contributed by atoms with van der Waals surface area (Å²) in [6, 6.07) is 3.93. The molecule has 3 unspecified atom stereocenters. The van der Waals surface area contributed by atoms with Crippen molar-refractivity contribution in [3.8, 4) is 0 Å². The molecule has 0 bridgehead atoms. The van der Waals surface area contributed by atoms with E-state index in [1.54, 1.807) is 17.1 Å². The zero-order valence-electron chi connectivity index (χ0n) is 15.9. The fourth-order valence-corrected chi connectivity index (χ4v) is 4.06. The number of likely N-dealkylation sites (tertiary alicyclic amines) is 1. The largest absolute Gasteiger partial charge is 0.461 e. The summed E-state index contributed by atoms with van der Waals surface area (Å²) in [5.41, 5.74) is 0. The number of carbonyl (C=O) groups excluding carboxylic acids is 2. The maximum absolute atomic E-state index is 12.7. The van der Waals surface area contributed by atoms with Gasteiger partial charge in [0.1, 0.15) is 11.5 Å². The number of carbonyl (C=O) groups is 2. The fraction of sp³-hybridized carbons (Fsp3) is 0.619. The Morgan fingerprint density at radius 1 is 1.15 bits per heavy atom. The molecule has 6 heteroatoms. The van der Waals surface area contributed by atoms with Crippen molar-refractivity contribution >= 4 is 17.9 Å². The molecule has 0 N–H and O–H groups in total. The van der Waals surface area contributed by atoms with Crippen molar-refractivity contribution in [2.75, 3.05) is 39.4 Å². The highest BCUT2D eigenvalue weighted by Crippen LogP contribution is 2.47. The van der Waals surface area contributed by atoms with Crippen LogP contribution >= 0.6 is 0 Å². The lowest BCUT2D eigenvalue weighted by atomic mass is 9.96. The molecule has 1 saturated carbocycles. The minimum Gasteiger partial charge on any atom is -0.461 e. The first-order chi connectivity index (χ1) is 13.1. The van der Waals surface area contributed by atoms with Crippen LogP contribution < -0.4 is 0 Å². The second-order valence-corrected chi connectivity index (χ2v) is 7.95. The van der Waals surface area contributed by atoms with E-state index in [1.165, 1.54) is 6.42 Å². The van der Waals surface area contributed by atoms with Gasteiger partial charge in [-0.3, -0.25) is 9.59 Å². The van der Waals surface area contributed by atoms with Crippen LogP contribution in [0.15, 0.2) is 22.6 Å². The van der Waals surface area contributed by atoms with Crippen molar-refractivity contribution in [1.29, 1.82) is 0 Å². The van der Waals surface area contributed by atoms with Gasteiger partial charge in [-0.05, 0) is 43.4 Å². The smallest absolute Gasteiger partial charge is 0.246 e. The van der Waals surface area contributed by atoms with E-state index in [9.17, 15) is 9.59 Å². The molecule has 0 spiro atoms. The number of hydrogen-bond acceptors (Lipinski definition) is 4. The quantitative estimate of drug-likeness (QED) is 0.762. The van der Waals surface area contributed by atoms with Crippen LogP contribution in [-0.4, -0.2) is 61.0 Å². The summed E-state index contributed by atoms with van der Waals surface area (Å²) in [5, 5.41) is 0. The highest BCUT2D eigenvalue weighted by Gasteiger charge is 2.36. The summed E-state index contributed by atoms with van der Waals surface area (Å²) in [6.07, 6.45) is 6.21. The predicted octanol–water partition coefficient (Wildman–Crippen LogP) is 2.51. The van der Waals surface area contributed by atoms with Gasteiger partial charge in [-0.15, -0.1) is 0 Å².